The second-order valence-electron chi connectivity index (χ2n) is 5.42. The Morgan fingerprint density at radius 3 is 3.14 bits per heavy atom. The summed E-state index contributed by atoms with van der Waals surface area (Å²) in [6.45, 7) is 5.57. The quantitative estimate of drug-likeness (QED) is 0.870. The molecule has 1 aliphatic heterocycles. The van der Waals surface area contributed by atoms with E-state index in [-0.39, 0.29) is 11.8 Å². The highest BCUT2D eigenvalue weighted by atomic mass is 32.2. The maximum absolute atomic E-state index is 12.7. The van der Waals surface area contributed by atoms with Crippen LogP contribution in [0, 0.1) is 6.92 Å². The molecule has 3 rings (SSSR count). The van der Waals surface area contributed by atoms with E-state index in [0.717, 1.165) is 41.7 Å². The molecule has 7 heteroatoms. The van der Waals surface area contributed by atoms with Crippen molar-refractivity contribution >= 4 is 29.0 Å². The summed E-state index contributed by atoms with van der Waals surface area (Å²) in [5.74, 6) is 3.09. The fraction of sp³-hybridized carbons (Fsp3) is 0.533. The first kappa shape index (κ1) is 15.6. The molecule has 0 spiro atoms. The number of amides is 1. The number of aryl methyl sites for hydroxylation is 1. The molecule has 2 aromatic heterocycles. The van der Waals surface area contributed by atoms with Gasteiger partial charge in [-0.1, -0.05) is 6.92 Å². The standard InChI is InChI=1S/C15H20N4OS2/c1-3-21-13-7-6-12(22-13)15(20)19-8-4-5-11(9-19)14-16-10(2)17-18-14/h6-7,11H,3-5,8-9H2,1-2H3,(H,16,17,18)/t11-/m1/s1. The third kappa shape index (κ3) is 3.35. The first-order valence-corrected chi connectivity index (χ1v) is 9.38. The van der Waals surface area contributed by atoms with Gasteiger partial charge in [-0.05, 0) is 37.7 Å². The Hall–Kier alpha value is -1.34. The summed E-state index contributed by atoms with van der Waals surface area (Å²) in [5.41, 5.74) is 0. The van der Waals surface area contributed by atoms with Crippen molar-refractivity contribution in [2.24, 2.45) is 0 Å². The molecule has 1 aliphatic rings. The van der Waals surface area contributed by atoms with Crippen LogP contribution in [0.2, 0.25) is 0 Å². The number of H-pyrrole nitrogens is 1. The van der Waals surface area contributed by atoms with Gasteiger partial charge in [0, 0.05) is 19.0 Å². The smallest absolute Gasteiger partial charge is 0.263 e. The van der Waals surface area contributed by atoms with Crippen molar-refractivity contribution in [2.45, 2.75) is 36.8 Å². The average Bonchev–Trinajstić information content (AvgIpc) is 3.16. The summed E-state index contributed by atoms with van der Waals surface area (Å²) in [6.07, 6.45) is 2.05. The van der Waals surface area contributed by atoms with E-state index >= 15 is 0 Å². The first-order chi connectivity index (χ1) is 10.7. The lowest BCUT2D eigenvalue weighted by Crippen LogP contribution is -2.39. The number of nitrogens with zero attached hydrogens (tertiary/aromatic N) is 3. The Bertz CT molecular complexity index is 652. The predicted octanol–water partition coefficient (Wildman–Crippen LogP) is 3.31. The summed E-state index contributed by atoms with van der Waals surface area (Å²) >= 11 is 3.38. The number of aromatic nitrogens is 3. The van der Waals surface area contributed by atoms with Crippen molar-refractivity contribution in [3.63, 3.8) is 0 Å². The van der Waals surface area contributed by atoms with Crippen LogP contribution in [0.4, 0.5) is 0 Å². The lowest BCUT2D eigenvalue weighted by molar-refractivity contribution is 0.0709. The summed E-state index contributed by atoms with van der Waals surface area (Å²) in [7, 11) is 0. The van der Waals surface area contributed by atoms with Gasteiger partial charge < -0.3 is 4.90 Å². The number of nitrogens with one attached hydrogen (secondary N) is 1. The molecule has 1 fully saturated rings. The molecule has 0 radical (unpaired) electrons. The highest BCUT2D eigenvalue weighted by Crippen LogP contribution is 2.30. The highest BCUT2D eigenvalue weighted by molar-refractivity contribution is 8.01. The van der Waals surface area contributed by atoms with Gasteiger partial charge in [-0.25, -0.2) is 4.98 Å². The molecule has 1 amide bonds. The van der Waals surface area contributed by atoms with E-state index in [1.807, 2.05) is 24.0 Å². The van der Waals surface area contributed by atoms with Crippen molar-refractivity contribution in [3.05, 3.63) is 28.7 Å². The maximum atomic E-state index is 12.7. The molecule has 2 aromatic rings. The molecule has 22 heavy (non-hydrogen) atoms. The molecule has 3 heterocycles. The van der Waals surface area contributed by atoms with Crippen molar-refractivity contribution in [2.75, 3.05) is 18.8 Å². The van der Waals surface area contributed by atoms with E-state index in [1.165, 1.54) is 4.21 Å². The minimum absolute atomic E-state index is 0.143. The second kappa shape index (κ2) is 6.83. The number of hydrogen-bond acceptors (Lipinski definition) is 5. The van der Waals surface area contributed by atoms with Gasteiger partial charge in [0.1, 0.15) is 5.82 Å². The second-order valence-corrected chi connectivity index (χ2v) is 8.07. The van der Waals surface area contributed by atoms with Gasteiger partial charge in [-0.2, -0.15) is 5.10 Å². The van der Waals surface area contributed by atoms with Crippen LogP contribution in [0.25, 0.3) is 0 Å². The van der Waals surface area contributed by atoms with Crippen molar-refractivity contribution in [1.29, 1.82) is 0 Å². The molecule has 118 valence electrons. The number of piperidine rings is 1. The molecule has 0 saturated carbocycles. The van der Waals surface area contributed by atoms with Gasteiger partial charge in [0.05, 0.1) is 9.09 Å². The minimum Gasteiger partial charge on any atom is -0.337 e. The number of likely N-dealkylation sites (tertiary alicyclic amines) is 1. The molecular formula is C15H20N4OS2. The normalized spacial score (nSPS) is 18.6. The number of aromatic amines is 1. The number of thiophene rings is 1. The topological polar surface area (TPSA) is 61.9 Å². The lowest BCUT2D eigenvalue weighted by Gasteiger charge is -2.31. The molecule has 1 atom stereocenters. The molecule has 0 bridgehead atoms. The van der Waals surface area contributed by atoms with Crippen LogP contribution in [-0.4, -0.2) is 44.8 Å². The zero-order chi connectivity index (χ0) is 15.5. The van der Waals surface area contributed by atoms with Crippen molar-refractivity contribution in [1.82, 2.24) is 20.1 Å². The maximum Gasteiger partial charge on any atom is 0.263 e. The fourth-order valence-electron chi connectivity index (χ4n) is 2.73. The SMILES string of the molecule is CCSc1ccc(C(=O)N2CCC[C@@H](c3n[nH]c(C)n3)C2)s1. The Labute approximate surface area is 138 Å². The number of thioether (sulfide) groups is 1. The number of carbonyl (C=O) groups excluding carboxylic acids is 1. The van der Waals surface area contributed by atoms with E-state index < -0.39 is 0 Å². The molecule has 1 saturated heterocycles. The van der Waals surface area contributed by atoms with Crippen LogP contribution < -0.4 is 0 Å². The number of hydrogen-bond donors (Lipinski definition) is 1. The van der Waals surface area contributed by atoms with Crippen LogP contribution in [0.1, 0.15) is 47.0 Å². The van der Waals surface area contributed by atoms with E-state index in [4.69, 9.17) is 0 Å². The van der Waals surface area contributed by atoms with Gasteiger partial charge in [0.25, 0.3) is 5.91 Å². The van der Waals surface area contributed by atoms with E-state index in [9.17, 15) is 4.79 Å². The molecular weight excluding hydrogens is 316 g/mol. The van der Waals surface area contributed by atoms with Gasteiger partial charge in [-0.3, -0.25) is 9.89 Å². The Morgan fingerprint density at radius 1 is 1.55 bits per heavy atom. The number of carbonyl (C=O) groups is 1. The Morgan fingerprint density at radius 2 is 2.41 bits per heavy atom. The van der Waals surface area contributed by atoms with E-state index in [0.29, 0.717) is 6.54 Å². The van der Waals surface area contributed by atoms with Crippen LogP contribution in [-0.2, 0) is 0 Å². The third-order valence-electron chi connectivity index (χ3n) is 3.77. The van der Waals surface area contributed by atoms with Crippen LogP contribution in [0.15, 0.2) is 16.3 Å². The first-order valence-electron chi connectivity index (χ1n) is 7.58. The molecule has 5 nitrogen and oxygen atoms in total. The third-order valence-corrected chi connectivity index (χ3v) is 5.95. The molecule has 0 aliphatic carbocycles. The Kier molecular flexibility index (Phi) is 4.83. The zero-order valence-electron chi connectivity index (χ0n) is 12.8. The van der Waals surface area contributed by atoms with Gasteiger partial charge in [0.15, 0.2) is 5.82 Å². The van der Waals surface area contributed by atoms with Crippen LogP contribution in [0.3, 0.4) is 0 Å². The number of rotatable bonds is 4. The van der Waals surface area contributed by atoms with Gasteiger partial charge in [0.2, 0.25) is 0 Å². The highest BCUT2D eigenvalue weighted by Gasteiger charge is 2.28. The summed E-state index contributed by atoms with van der Waals surface area (Å²) in [5, 5.41) is 7.15. The molecule has 0 unspecified atom stereocenters. The Balaban J connectivity index is 1.69. The van der Waals surface area contributed by atoms with Gasteiger partial charge in [-0.15, -0.1) is 23.1 Å². The fourth-order valence-corrected chi connectivity index (χ4v) is 4.74. The van der Waals surface area contributed by atoms with Crippen molar-refractivity contribution in [3.8, 4) is 0 Å². The lowest BCUT2D eigenvalue weighted by atomic mass is 9.97. The largest absolute Gasteiger partial charge is 0.337 e. The predicted molar refractivity (Wildman–Crippen MR) is 89.7 cm³/mol. The van der Waals surface area contributed by atoms with Crippen LogP contribution in [0.5, 0.6) is 0 Å². The minimum atomic E-state index is 0.143. The van der Waals surface area contributed by atoms with E-state index in [1.54, 1.807) is 23.1 Å². The summed E-state index contributed by atoms with van der Waals surface area (Å²) in [4.78, 5) is 19.9. The van der Waals surface area contributed by atoms with Crippen LogP contribution >= 0.6 is 23.1 Å². The summed E-state index contributed by atoms with van der Waals surface area (Å²) in [6, 6.07) is 4.00. The summed E-state index contributed by atoms with van der Waals surface area (Å²) < 4.78 is 1.21. The molecule has 0 aromatic carbocycles. The molecule has 1 N–H and O–H groups in total. The van der Waals surface area contributed by atoms with Crippen molar-refractivity contribution < 1.29 is 4.79 Å². The van der Waals surface area contributed by atoms with E-state index in [2.05, 4.69) is 22.1 Å². The zero-order valence-corrected chi connectivity index (χ0v) is 14.5. The average molecular weight is 336 g/mol. The van der Waals surface area contributed by atoms with Gasteiger partial charge >= 0.3 is 0 Å². The monoisotopic (exact) mass is 336 g/mol.